The summed E-state index contributed by atoms with van der Waals surface area (Å²) in [5.74, 6) is 0.613. The van der Waals surface area contributed by atoms with Gasteiger partial charge in [-0.3, -0.25) is 4.55 Å². The number of hydrogen-bond donors (Lipinski definition) is 1. The lowest BCUT2D eigenvalue weighted by Crippen LogP contribution is -2.44. The number of ether oxygens (including phenoxy) is 1. The highest BCUT2D eigenvalue weighted by molar-refractivity contribution is 7.86. The average molecular weight is 364 g/mol. The van der Waals surface area contributed by atoms with Crippen molar-refractivity contribution in [2.45, 2.75) is 11.3 Å². The lowest BCUT2D eigenvalue weighted by atomic mass is 10.1. The fourth-order valence-corrected chi connectivity index (χ4v) is 3.79. The first-order valence-electron chi connectivity index (χ1n) is 8.47. The molecule has 0 amide bonds. The molecule has 6 nitrogen and oxygen atoms in total. The lowest BCUT2D eigenvalue weighted by Gasteiger charge is -2.32. The van der Waals surface area contributed by atoms with E-state index >= 15 is 0 Å². The summed E-state index contributed by atoms with van der Waals surface area (Å²) < 4.78 is 38.2. The summed E-state index contributed by atoms with van der Waals surface area (Å²) in [6, 6.07) is 10.1. The molecule has 1 aliphatic heterocycles. The minimum atomic E-state index is -4.26. The van der Waals surface area contributed by atoms with Crippen molar-refractivity contribution >= 4 is 20.9 Å². The second-order valence-electron chi connectivity index (χ2n) is 6.46. The highest BCUT2D eigenvalue weighted by Crippen LogP contribution is 2.27. The molecule has 0 atom stereocenters. The second-order valence-corrected chi connectivity index (χ2v) is 7.85. The van der Waals surface area contributed by atoms with Crippen molar-refractivity contribution in [3.8, 4) is 5.75 Å². The van der Waals surface area contributed by atoms with Gasteiger partial charge < -0.3 is 14.5 Å². The van der Waals surface area contributed by atoms with Gasteiger partial charge in [0, 0.05) is 38.1 Å². The van der Waals surface area contributed by atoms with Gasteiger partial charge in [0.15, 0.2) is 0 Å². The van der Waals surface area contributed by atoms with Crippen LogP contribution in [0.2, 0.25) is 0 Å². The van der Waals surface area contributed by atoms with Crippen molar-refractivity contribution in [2.24, 2.45) is 0 Å². The van der Waals surface area contributed by atoms with Gasteiger partial charge in [0.25, 0.3) is 10.1 Å². The van der Waals surface area contributed by atoms with E-state index in [-0.39, 0.29) is 4.90 Å². The summed E-state index contributed by atoms with van der Waals surface area (Å²) in [7, 11) is -2.12. The summed E-state index contributed by atoms with van der Waals surface area (Å²) >= 11 is 0. The molecule has 1 aliphatic rings. The summed E-state index contributed by atoms with van der Waals surface area (Å²) in [4.78, 5) is 4.67. The molecule has 2 aromatic carbocycles. The molecule has 1 N–H and O–H groups in total. The van der Waals surface area contributed by atoms with Crippen molar-refractivity contribution in [1.29, 1.82) is 0 Å². The average Bonchev–Trinajstić information content (AvgIpc) is 2.59. The van der Waals surface area contributed by atoms with Crippen LogP contribution < -0.4 is 4.74 Å². The van der Waals surface area contributed by atoms with Crippen LogP contribution in [-0.2, 0) is 10.1 Å². The van der Waals surface area contributed by atoms with E-state index in [0.717, 1.165) is 44.5 Å². The summed E-state index contributed by atoms with van der Waals surface area (Å²) in [6.45, 7) is 5.95. The Morgan fingerprint density at radius 2 is 1.88 bits per heavy atom. The molecule has 2 aromatic rings. The summed E-state index contributed by atoms with van der Waals surface area (Å²) in [5.41, 5.74) is 0. The molecule has 1 fully saturated rings. The Morgan fingerprint density at radius 3 is 2.60 bits per heavy atom. The zero-order valence-corrected chi connectivity index (χ0v) is 15.2. The Morgan fingerprint density at radius 1 is 1.12 bits per heavy atom. The van der Waals surface area contributed by atoms with Crippen molar-refractivity contribution in [3.05, 3.63) is 36.4 Å². The predicted molar refractivity (Wildman–Crippen MR) is 97.8 cm³/mol. The maximum atomic E-state index is 11.5. The van der Waals surface area contributed by atoms with Gasteiger partial charge in [0.2, 0.25) is 0 Å². The topological polar surface area (TPSA) is 70.1 Å². The molecular formula is C18H24N2O4S. The van der Waals surface area contributed by atoms with Crippen LogP contribution in [0.4, 0.5) is 0 Å². The van der Waals surface area contributed by atoms with Crippen LogP contribution >= 0.6 is 0 Å². The minimum absolute atomic E-state index is 0.0899. The van der Waals surface area contributed by atoms with E-state index in [1.165, 1.54) is 6.07 Å². The van der Waals surface area contributed by atoms with Gasteiger partial charge in [-0.1, -0.05) is 18.2 Å². The molecular weight excluding hydrogens is 340 g/mol. The number of fused-ring (bicyclic) bond motifs is 1. The maximum Gasteiger partial charge on any atom is 0.295 e. The van der Waals surface area contributed by atoms with E-state index in [4.69, 9.17) is 4.74 Å². The molecule has 1 saturated heterocycles. The van der Waals surface area contributed by atoms with Crippen molar-refractivity contribution < 1.29 is 17.7 Å². The highest BCUT2D eigenvalue weighted by atomic mass is 32.2. The number of likely N-dealkylation sites (N-methyl/N-ethyl adjacent to an activating group) is 1. The standard InChI is InChI=1S/C18H24N2O4S/c1-19-9-11-20(12-10-19)8-3-13-24-16-7-6-15-4-2-5-18(17(15)14-16)25(21,22)23/h2,4-7,14H,3,8-13H2,1H3,(H,21,22,23). The molecule has 136 valence electrons. The molecule has 1 heterocycles. The predicted octanol–water partition coefficient (Wildman–Crippen LogP) is 2.10. The Kier molecular flexibility index (Phi) is 5.58. The molecule has 7 heteroatoms. The summed E-state index contributed by atoms with van der Waals surface area (Å²) in [6.07, 6.45) is 0.918. The van der Waals surface area contributed by atoms with Crippen molar-refractivity contribution in [3.63, 3.8) is 0 Å². The van der Waals surface area contributed by atoms with Crippen LogP contribution in [0.1, 0.15) is 6.42 Å². The van der Waals surface area contributed by atoms with Crippen LogP contribution in [0.3, 0.4) is 0 Å². The monoisotopic (exact) mass is 364 g/mol. The van der Waals surface area contributed by atoms with Gasteiger partial charge >= 0.3 is 0 Å². The highest BCUT2D eigenvalue weighted by Gasteiger charge is 2.15. The Balaban J connectivity index is 1.60. The third-order valence-corrected chi connectivity index (χ3v) is 5.49. The molecule has 0 bridgehead atoms. The largest absolute Gasteiger partial charge is 0.494 e. The normalized spacial score (nSPS) is 17.0. The van der Waals surface area contributed by atoms with Gasteiger partial charge in [0.05, 0.1) is 6.61 Å². The first-order valence-corrected chi connectivity index (χ1v) is 9.91. The van der Waals surface area contributed by atoms with Gasteiger partial charge in [-0.05, 0) is 37.1 Å². The zero-order valence-electron chi connectivity index (χ0n) is 14.4. The van der Waals surface area contributed by atoms with Gasteiger partial charge in [-0.2, -0.15) is 8.42 Å². The van der Waals surface area contributed by atoms with E-state index in [0.29, 0.717) is 17.7 Å². The molecule has 0 radical (unpaired) electrons. The molecule has 3 rings (SSSR count). The summed E-state index contributed by atoms with van der Waals surface area (Å²) in [5, 5.41) is 1.22. The first kappa shape index (κ1) is 18.1. The number of benzene rings is 2. The molecule has 0 aromatic heterocycles. The molecule has 0 aliphatic carbocycles. The minimum Gasteiger partial charge on any atom is -0.494 e. The van der Waals surface area contributed by atoms with Gasteiger partial charge in [0.1, 0.15) is 10.6 Å². The van der Waals surface area contributed by atoms with Crippen LogP contribution in [0, 0.1) is 0 Å². The Hall–Kier alpha value is -1.67. The van der Waals surface area contributed by atoms with Crippen molar-refractivity contribution in [1.82, 2.24) is 9.80 Å². The van der Waals surface area contributed by atoms with Crippen molar-refractivity contribution in [2.75, 3.05) is 46.4 Å². The van der Waals surface area contributed by atoms with E-state index in [1.807, 2.05) is 6.07 Å². The SMILES string of the molecule is CN1CCN(CCCOc2ccc3cccc(S(=O)(=O)O)c3c2)CC1. The van der Waals surface area contributed by atoms with Crippen LogP contribution in [0.15, 0.2) is 41.3 Å². The smallest absolute Gasteiger partial charge is 0.295 e. The van der Waals surface area contributed by atoms with E-state index in [9.17, 15) is 13.0 Å². The Bertz CT molecular complexity index is 830. The van der Waals surface area contributed by atoms with E-state index in [1.54, 1.807) is 24.3 Å². The molecule has 0 saturated carbocycles. The molecule has 0 unspecified atom stereocenters. The third kappa shape index (κ3) is 4.70. The third-order valence-electron chi connectivity index (χ3n) is 4.57. The first-order chi connectivity index (χ1) is 11.9. The fraction of sp³-hybridized carbons (Fsp3) is 0.444. The zero-order chi connectivity index (χ0) is 17.9. The van der Waals surface area contributed by atoms with Crippen LogP contribution in [-0.4, -0.2) is 69.1 Å². The number of piperazine rings is 1. The second kappa shape index (κ2) is 7.70. The Labute approximate surface area is 148 Å². The number of rotatable bonds is 6. The maximum absolute atomic E-state index is 11.5. The van der Waals surface area contributed by atoms with Gasteiger partial charge in [-0.15, -0.1) is 0 Å². The van der Waals surface area contributed by atoms with Gasteiger partial charge in [-0.25, -0.2) is 0 Å². The van der Waals surface area contributed by atoms with Crippen LogP contribution in [0.5, 0.6) is 5.75 Å². The number of nitrogens with zero attached hydrogens (tertiary/aromatic N) is 2. The van der Waals surface area contributed by atoms with E-state index in [2.05, 4.69) is 16.8 Å². The molecule has 25 heavy (non-hydrogen) atoms. The quantitative estimate of drug-likeness (QED) is 0.625. The fourth-order valence-electron chi connectivity index (χ4n) is 3.09. The van der Waals surface area contributed by atoms with Crippen LogP contribution in [0.25, 0.3) is 10.8 Å². The molecule has 0 spiro atoms. The lowest BCUT2D eigenvalue weighted by molar-refractivity contribution is 0.145. The number of hydrogen-bond acceptors (Lipinski definition) is 5. The van der Waals surface area contributed by atoms with E-state index < -0.39 is 10.1 Å².